The molecular formula is C36H36N12O10S4. The fourth-order valence-corrected chi connectivity index (χ4v) is 11.2. The fourth-order valence-electron chi connectivity index (χ4n) is 6.60. The Labute approximate surface area is 367 Å². The van der Waals surface area contributed by atoms with E-state index in [1.54, 1.807) is 37.4 Å². The van der Waals surface area contributed by atoms with Crippen molar-refractivity contribution < 1.29 is 49.2 Å². The van der Waals surface area contributed by atoms with Crippen molar-refractivity contribution in [2.24, 2.45) is 12.8 Å². The first kappa shape index (κ1) is 44.1. The fraction of sp³-hybridized carbons (Fsp3) is 0.306. The number of tetrazole rings is 1. The average molecular weight is 925 g/mol. The Hall–Kier alpha value is -5.93. The van der Waals surface area contributed by atoms with Crippen molar-refractivity contribution >= 4 is 82.6 Å². The number of phenols is 1. The van der Waals surface area contributed by atoms with Crippen molar-refractivity contribution in [3.05, 3.63) is 94.5 Å². The average Bonchev–Trinajstić information content (AvgIpc) is 3.96. The van der Waals surface area contributed by atoms with Gasteiger partial charge < -0.3 is 36.8 Å². The van der Waals surface area contributed by atoms with E-state index in [0.717, 1.165) is 0 Å². The Morgan fingerprint density at radius 2 is 1.42 bits per heavy atom. The molecule has 62 heavy (non-hydrogen) atoms. The van der Waals surface area contributed by atoms with Crippen molar-refractivity contribution in [1.29, 1.82) is 0 Å². The third-order valence-corrected chi connectivity index (χ3v) is 14.5. The van der Waals surface area contributed by atoms with E-state index in [9.17, 15) is 49.2 Å². The lowest BCUT2D eigenvalue weighted by molar-refractivity contribution is -0.151. The number of hydrogen-bond acceptors (Lipinski definition) is 18. The molecule has 26 heteroatoms. The predicted octanol–water partition coefficient (Wildman–Crippen LogP) is -0.185. The predicted molar refractivity (Wildman–Crippen MR) is 222 cm³/mol. The second kappa shape index (κ2) is 19.0. The van der Waals surface area contributed by atoms with E-state index in [2.05, 4.69) is 41.6 Å². The molecule has 4 aromatic rings. The molecule has 324 valence electrons. The van der Waals surface area contributed by atoms with E-state index >= 15 is 0 Å². The Kier molecular flexibility index (Phi) is 13.5. The molecule has 2 fully saturated rings. The summed E-state index contributed by atoms with van der Waals surface area (Å²) in [7, 11) is 1.68. The monoisotopic (exact) mass is 924 g/mol. The molecule has 0 saturated carbocycles. The van der Waals surface area contributed by atoms with E-state index in [1.807, 2.05) is 0 Å². The van der Waals surface area contributed by atoms with E-state index < -0.39 is 70.5 Å². The summed E-state index contributed by atoms with van der Waals surface area (Å²) in [4.78, 5) is 76.6. The lowest BCUT2D eigenvalue weighted by Gasteiger charge is -2.49. The van der Waals surface area contributed by atoms with E-state index in [1.165, 1.54) is 92.0 Å². The standard InChI is InChI=1S/2C18H18N6O5S2/c1-23-18(20-21-22-23)31-8-10-7-30-16-11(15(27)24(16)12(10)17(28)29)19-14(26)13(25)9-5-3-2-4-6-9;19-12(8-1-3-10(25)4-2-8)15(26)21-13-16(27)24-14(18(28)29)9(7-31-17(13)24)6-30-11-5-20-23-22-11/h2-6,11,13,16,25H,7-8H2,1H3,(H,19,26)(H,28,29);1-5,12-13,17,25H,6-7,19H2,(H,21,26)(H,28,29)(H,20,22,23)/t11-,13-,16-;12-,13-,17-/m11/s1. The van der Waals surface area contributed by atoms with Crippen LogP contribution in [0.1, 0.15) is 23.3 Å². The number of carbonyl (C=O) groups is 6. The number of nitrogens with one attached hydrogen (secondary N) is 3. The van der Waals surface area contributed by atoms with Crippen LogP contribution >= 0.6 is 47.0 Å². The molecule has 4 aliphatic heterocycles. The van der Waals surface area contributed by atoms with Crippen LogP contribution in [0.2, 0.25) is 0 Å². The zero-order valence-electron chi connectivity index (χ0n) is 32.1. The van der Waals surface area contributed by atoms with Crippen molar-refractivity contribution in [2.45, 2.75) is 45.2 Å². The number of rotatable bonds is 14. The summed E-state index contributed by atoms with van der Waals surface area (Å²) >= 11 is 5.36. The number of carboxylic acids is 2. The van der Waals surface area contributed by atoms with Gasteiger partial charge in [0.2, 0.25) is 11.1 Å². The van der Waals surface area contributed by atoms with E-state index in [4.69, 9.17) is 5.73 Å². The number of aryl methyl sites for hydroxylation is 1. The number of carboxylic acid groups (broad SMARTS) is 2. The number of thioether (sulfide) groups is 4. The number of aliphatic hydroxyl groups is 1. The number of aromatic hydroxyl groups is 1. The minimum atomic E-state index is -1.42. The summed E-state index contributed by atoms with van der Waals surface area (Å²) in [5.41, 5.74) is 7.90. The maximum atomic E-state index is 12.7. The van der Waals surface area contributed by atoms with E-state index in [-0.39, 0.29) is 17.1 Å². The number of aliphatic carboxylic acids is 2. The molecule has 9 N–H and O–H groups in total. The molecule has 2 aromatic heterocycles. The number of benzene rings is 2. The van der Waals surface area contributed by atoms with Gasteiger partial charge in [0, 0.05) is 30.1 Å². The third-order valence-electron chi connectivity index (χ3n) is 9.75. The van der Waals surface area contributed by atoms with Crippen molar-refractivity contribution in [2.75, 3.05) is 23.0 Å². The Morgan fingerprint density at radius 1 is 0.855 bits per heavy atom. The van der Waals surface area contributed by atoms with Crippen LogP contribution in [0.5, 0.6) is 5.75 Å². The van der Waals surface area contributed by atoms with E-state index in [0.29, 0.717) is 55.5 Å². The van der Waals surface area contributed by atoms with Gasteiger partial charge in [0.1, 0.15) is 51.0 Å². The molecule has 0 unspecified atom stereocenters. The van der Waals surface area contributed by atoms with Crippen LogP contribution in [0, 0.1) is 0 Å². The van der Waals surface area contributed by atoms with Gasteiger partial charge in [-0.3, -0.25) is 34.1 Å². The summed E-state index contributed by atoms with van der Waals surface area (Å²) in [6, 6.07) is 11.5. The van der Waals surface area contributed by atoms with Crippen LogP contribution in [0.4, 0.5) is 0 Å². The molecule has 0 spiro atoms. The molecule has 2 saturated heterocycles. The Bertz CT molecular complexity index is 2440. The van der Waals surface area contributed by atoms with Gasteiger partial charge in [0.15, 0.2) is 6.10 Å². The van der Waals surface area contributed by atoms with Crippen LogP contribution in [-0.4, -0.2) is 147 Å². The minimum absolute atomic E-state index is 0.0468. The summed E-state index contributed by atoms with van der Waals surface area (Å²) in [5, 5.41) is 65.5. The number of aromatic amines is 1. The highest BCUT2D eigenvalue weighted by atomic mass is 32.2. The molecule has 6 heterocycles. The summed E-state index contributed by atoms with van der Waals surface area (Å²) < 4.78 is 1.48. The zero-order valence-corrected chi connectivity index (χ0v) is 35.4. The van der Waals surface area contributed by atoms with Gasteiger partial charge in [-0.2, -0.15) is 0 Å². The molecule has 0 bridgehead atoms. The van der Waals surface area contributed by atoms with Gasteiger partial charge >= 0.3 is 11.9 Å². The summed E-state index contributed by atoms with van der Waals surface area (Å²) in [6.45, 7) is 0. The number of phenolic OH excluding ortho intramolecular Hbond substituents is 1. The molecule has 8 rings (SSSR count). The lowest BCUT2D eigenvalue weighted by atomic mass is 10.0. The topological polar surface area (TPSA) is 325 Å². The van der Waals surface area contributed by atoms with Crippen molar-refractivity contribution in [3.8, 4) is 5.75 Å². The molecule has 6 atom stereocenters. The summed E-state index contributed by atoms with van der Waals surface area (Å²) in [5.74, 6) is -3.19. The van der Waals surface area contributed by atoms with Gasteiger partial charge in [-0.15, -0.1) is 45.5 Å². The maximum absolute atomic E-state index is 12.7. The molecular weight excluding hydrogens is 889 g/mol. The van der Waals surface area contributed by atoms with Gasteiger partial charge in [0.05, 0.1) is 6.20 Å². The highest BCUT2D eigenvalue weighted by Crippen LogP contribution is 2.43. The SMILES string of the molecule is Cn1nnnc1SCC1=C(C(=O)O)N2C(=O)[C@@H](NC(=O)[C@H](O)c3ccccc3)[C@H]2SC1.N[C@@H](C(=O)N[C@@H]1C(=O)N2C(C(=O)O)=C(CSc3cnn[nH]3)CS[C@H]12)c1ccc(O)cc1. The number of nitrogens with zero attached hydrogens (tertiary/aromatic N) is 8. The number of H-pyrrole nitrogens is 1. The minimum Gasteiger partial charge on any atom is -0.508 e. The number of amides is 4. The zero-order chi connectivity index (χ0) is 44.2. The largest absolute Gasteiger partial charge is 0.508 e. The molecule has 0 radical (unpaired) electrons. The Morgan fingerprint density at radius 3 is 1.94 bits per heavy atom. The first-order valence-corrected chi connectivity index (χ1v) is 22.3. The molecule has 22 nitrogen and oxygen atoms in total. The van der Waals surface area contributed by atoms with Crippen molar-refractivity contribution in [3.63, 3.8) is 0 Å². The van der Waals surface area contributed by atoms with Crippen molar-refractivity contribution in [1.82, 2.24) is 56.1 Å². The van der Waals surface area contributed by atoms with Crippen LogP contribution < -0.4 is 16.4 Å². The first-order valence-electron chi connectivity index (χ1n) is 18.3. The maximum Gasteiger partial charge on any atom is 0.352 e. The smallest absolute Gasteiger partial charge is 0.352 e. The number of nitrogens with two attached hydrogens (primary N) is 1. The highest BCUT2D eigenvalue weighted by molar-refractivity contribution is 8.01. The van der Waals surface area contributed by atoms with Gasteiger partial charge in [-0.25, -0.2) is 14.3 Å². The second-order valence-electron chi connectivity index (χ2n) is 13.7. The Balaban J connectivity index is 0.000000186. The molecule has 0 aliphatic carbocycles. The first-order chi connectivity index (χ1) is 29.7. The van der Waals surface area contributed by atoms with Crippen LogP contribution in [0.15, 0.2) is 93.5 Å². The van der Waals surface area contributed by atoms with Crippen LogP contribution in [0.25, 0.3) is 0 Å². The third kappa shape index (κ3) is 9.14. The van der Waals surface area contributed by atoms with Crippen LogP contribution in [0.3, 0.4) is 0 Å². The van der Waals surface area contributed by atoms with Gasteiger partial charge in [-0.1, -0.05) is 59.4 Å². The highest BCUT2D eigenvalue weighted by Gasteiger charge is 2.55. The lowest BCUT2D eigenvalue weighted by Crippen LogP contribution is -2.71. The second-order valence-corrected chi connectivity index (χ2v) is 17.8. The normalized spacial score (nSPS) is 21.3. The van der Waals surface area contributed by atoms with Gasteiger partial charge in [-0.05, 0) is 44.8 Å². The molecule has 2 aromatic carbocycles. The number of carbonyl (C=O) groups excluding carboxylic acids is 4. The summed E-state index contributed by atoms with van der Waals surface area (Å²) in [6.07, 6.45) is 0.111. The number of hydrogen-bond donors (Lipinski definition) is 8. The van der Waals surface area contributed by atoms with Gasteiger partial charge in [0.25, 0.3) is 17.7 Å². The van der Waals surface area contributed by atoms with Crippen LogP contribution in [-0.2, 0) is 35.8 Å². The molecule has 4 amide bonds. The number of fused-ring (bicyclic) bond motifs is 2. The number of aliphatic hydroxyl groups excluding tert-OH is 1. The number of aromatic nitrogens is 7. The molecule has 4 aliphatic rings. The number of β-lactam (4-membered cyclic amide) rings is 2. The quantitative estimate of drug-likeness (QED) is 0.0600.